The Bertz CT molecular complexity index is 843. The number of amides is 1. The maximum absolute atomic E-state index is 12.3. The number of aromatic nitrogens is 3. The molecule has 124 valence electrons. The second-order valence-corrected chi connectivity index (χ2v) is 8.51. The van der Waals surface area contributed by atoms with E-state index < -0.39 is 0 Å². The molecule has 6 nitrogen and oxygen atoms in total. The summed E-state index contributed by atoms with van der Waals surface area (Å²) in [5, 5.41) is 13.1. The van der Waals surface area contributed by atoms with Gasteiger partial charge in [-0.15, -0.1) is 21.5 Å². The van der Waals surface area contributed by atoms with Gasteiger partial charge in [-0.3, -0.25) is 4.79 Å². The monoisotopic (exact) mass is 377 g/mol. The molecule has 1 atom stereocenters. The summed E-state index contributed by atoms with van der Waals surface area (Å²) in [4.78, 5) is 16.7. The highest BCUT2D eigenvalue weighted by molar-refractivity contribution is 8.02. The molecule has 1 aromatic carbocycles. The van der Waals surface area contributed by atoms with Crippen LogP contribution in [0.1, 0.15) is 12.5 Å². The van der Waals surface area contributed by atoms with Crippen molar-refractivity contribution in [3.05, 3.63) is 35.2 Å². The van der Waals surface area contributed by atoms with E-state index in [0.29, 0.717) is 14.6 Å². The zero-order chi connectivity index (χ0) is 17.1. The Morgan fingerprint density at radius 3 is 2.71 bits per heavy atom. The number of carbonyl (C=O) groups is 1. The summed E-state index contributed by atoms with van der Waals surface area (Å²) in [5.74, 6) is -0.126. The van der Waals surface area contributed by atoms with Gasteiger partial charge in [-0.2, -0.15) is 0 Å². The van der Waals surface area contributed by atoms with Crippen LogP contribution in [0.2, 0.25) is 0 Å². The molecule has 0 spiro atoms. The number of anilines is 2. The van der Waals surface area contributed by atoms with Crippen LogP contribution in [0, 0.1) is 6.92 Å². The first-order chi connectivity index (χ1) is 11.5. The Hall–Kier alpha value is -1.97. The number of thioether (sulfide) groups is 1. The molecule has 0 radical (unpaired) electrons. The quantitative estimate of drug-likeness (QED) is 0.659. The maximum Gasteiger partial charge on any atom is 0.239 e. The number of carbonyl (C=O) groups excluding carboxylic acids is 1. The van der Waals surface area contributed by atoms with Crippen molar-refractivity contribution >= 4 is 50.6 Å². The molecule has 2 heterocycles. The molecular formula is C15H15N5OS3. The van der Waals surface area contributed by atoms with Gasteiger partial charge < -0.3 is 11.1 Å². The van der Waals surface area contributed by atoms with Crippen LogP contribution in [0.5, 0.6) is 0 Å². The van der Waals surface area contributed by atoms with Gasteiger partial charge in [-0.1, -0.05) is 52.9 Å². The minimum atomic E-state index is -0.316. The average Bonchev–Trinajstić information content (AvgIpc) is 3.17. The van der Waals surface area contributed by atoms with Crippen LogP contribution in [-0.2, 0) is 4.79 Å². The zero-order valence-electron chi connectivity index (χ0n) is 13.0. The lowest BCUT2D eigenvalue weighted by atomic mass is 10.1. The molecule has 3 aromatic rings. The van der Waals surface area contributed by atoms with Gasteiger partial charge in [0.05, 0.1) is 10.9 Å². The number of hydrogen-bond acceptors (Lipinski definition) is 8. The third kappa shape index (κ3) is 4.11. The highest BCUT2D eigenvalue weighted by atomic mass is 32.2. The van der Waals surface area contributed by atoms with E-state index in [1.165, 1.54) is 40.0 Å². The lowest BCUT2D eigenvalue weighted by Crippen LogP contribution is -2.22. The average molecular weight is 378 g/mol. The highest BCUT2D eigenvalue weighted by Crippen LogP contribution is 2.29. The van der Waals surface area contributed by atoms with Crippen molar-refractivity contribution < 1.29 is 4.79 Å². The maximum atomic E-state index is 12.3. The predicted molar refractivity (Wildman–Crippen MR) is 101 cm³/mol. The fraction of sp³-hybridized carbons (Fsp3) is 0.200. The summed E-state index contributed by atoms with van der Waals surface area (Å²) in [7, 11) is 0. The van der Waals surface area contributed by atoms with Crippen molar-refractivity contribution in [2.75, 3.05) is 11.1 Å². The molecule has 0 aliphatic carbocycles. The van der Waals surface area contributed by atoms with Gasteiger partial charge in [-0.05, 0) is 13.8 Å². The summed E-state index contributed by atoms with van der Waals surface area (Å²) in [6.45, 7) is 3.85. The van der Waals surface area contributed by atoms with Crippen molar-refractivity contribution in [2.24, 2.45) is 0 Å². The lowest BCUT2D eigenvalue weighted by molar-refractivity contribution is -0.115. The summed E-state index contributed by atoms with van der Waals surface area (Å²) >= 11 is 4.00. The number of hydrogen-bond donors (Lipinski definition) is 2. The predicted octanol–water partition coefficient (Wildman–Crippen LogP) is 3.67. The molecule has 2 aromatic heterocycles. The van der Waals surface area contributed by atoms with Gasteiger partial charge in [0.2, 0.25) is 11.0 Å². The second kappa shape index (κ2) is 7.29. The van der Waals surface area contributed by atoms with E-state index in [1.54, 1.807) is 0 Å². The SMILES string of the molecule is Cc1ccc(-c2csc(NC(=O)C(C)Sc3nnc(N)s3)n2)cc1. The Kier molecular flexibility index (Phi) is 5.12. The number of aryl methyl sites for hydroxylation is 1. The first-order valence-corrected chi connectivity index (χ1v) is 9.68. The summed E-state index contributed by atoms with van der Waals surface area (Å²) in [5.41, 5.74) is 8.63. The fourth-order valence-corrected chi connectivity index (χ4v) is 4.37. The van der Waals surface area contributed by atoms with Crippen molar-refractivity contribution in [3.8, 4) is 11.3 Å². The van der Waals surface area contributed by atoms with E-state index in [-0.39, 0.29) is 11.2 Å². The van der Waals surface area contributed by atoms with E-state index in [2.05, 4.69) is 20.5 Å². The van der Waals surface area contributed by atoms with Crippen LogP contribution in [0.4, 0.5) is 10.3 Å². The number of nitrogens with one attached hydrogen (secondary N) is 1. The Morgan fingerprint density at radius 1 is 1.29 bits per heavy atom. The van der Waals surface area contributed by atoms with E-state index >= 15 is 0 Å². The lowest BCUT2D eigenvalue weighted by Gasteiger charge is -2.07. The smallest absolute Gasteiger partial charge is 0.239 e. The molecular weight excluding hydrogens is 362 g/mol. The van der Waals surface area contributed by atoms with Crippen LogP contribution in [0.3, 0.4) is 0 Å². The number of rotatable bonds is 5. The van der Waals surface area contributed by atoms with Crippen molar-refractivity contribution in [1.82, 2.24) is 15.2 Å². The number of nitrogens with two attached hydrogens (primary N) is 1. The molecule has 1 unspecified atom stereocenters. The normalized spacial score (nSPS) is 12.1. The molecule has 3 N–H and O–H groups in total. The number of nitrogens with zero attached hydrogens (tertiary/aromatic N) is 3. The van der Waals surface area contributed by atoms with Gasteiger partial charge >= 0.3 is 0 Å². The number of nitrogen functional groups attached to an aromatic ring is 1. The Morgan fingerprint density at radius 2 is 2.04 bits per heavy atom. The van der Waals surface area contributed by atoms with Crippen molar-refractivity contribution in [2.45, 2.75) is 23.4 Å². The van der Waals surface area contributed by atoms with E-state index in [0.717, 1.165) is 11.3 Å². The first kappa shape index (κ1) is 16.9. The topological polar surface area (TPSA) is 93.8 Å². The molecule has 0 saturated heterocycles. The molecule has 0 aliphatic heterocycles. The van der Waals surface area contributed by atoms with Crippen LogP contribution >= 0.6 is 34.4 Å². The summed E-state index contributed by atoms with van der Waals surface area (Å²) in [6, 6.07) is 8.13. The number of thiazole rings is 1. The van der Waals surface area contributed by atoms with Crippen LogP contribution in [0.25, 0.3) is 11.3 Å². The largest absolute Gasteiger partial charge is 0.374 e. The van der Waals surface area contributed by atoms with Crippen LogP contribution in [-0.4, -0.2) is 26.3 Å². The zero-order valence-corrected chi connectivity index (χ0v) is 15.5. The minimum absolute atomic E-state index is 0.126. The van der Waals surface area contributed by atoms with Gasteiger partial charge in [-0.25, -0.2) is 4.98 Å². The Labute approximate surface area is 151 Å². The third-order valence-corrected chi connectivity index (χ3v) is 5.84. The highest BCUT2D eigenvalue weighted by Gasteiger charge is 2.18. The summed E-state index contributed by atoms with van der Waals surface area (Å²) in [6.07, 6.45) is 0. The minimum Gasteiger partial charge on any atom is -0.374 e. The van der Waals surface area contributed by atoms with Gasteiger partial charge in [0, 0.05) is 10.9 Å². The fourth-order valence-electron chi connectivity index (χ4n) is 1.87. The molecule has 9 heteroatoms. The molecule has 1 amide bonds. The molecule has 0 saturated carbocycles. The standard InChI is InChI=1S/C15H15N5OS3/c1-8-3-5-10(6-4-8)11-7-22-14(17-11)18-12(21)9(2)23-15-20-19-13(16)24-15/h3-7,9H,1-2H3,(H2,16,19)(H,17,18,21). The van der Waals surface area contributed by atoms with Gasteiger partial charge in [0.15, 0.2) is 9.47 Å². The Balaban J connectivity index is 1.63. The molecule has 0 aliphatic rings. The van der Waals surface area contributed by atoms with Crippen LogP contribution in [0.15, 0.2) is 34.0 Å². The molecule has 0 bridgehead atoms. The van der Waals surface area contributed by atoms with E-state index in [9.17, 15) is 4.79 Å². The number of benzene rings is 1. The van der Waals surface area contributed by atoms with Gasteiger partial charge in [0.1, 0.15) is 0 Å². The molecule has 3 rings (SSSR count). The van der Waals surface area contributed by atoms with Crippen molar-refractivity contribution in [1.29, 1.82) is 0 Å². The van der Waals surface area contributed by atoms with Gasteiger partial charge in [0.25, 0.3) is 0 Å². The third-order valence-electron chi connectivity index (χ3n) is 3.15. The van der Waals surface area contributed by atoms with Crippen molar-refractivity contribution in [3.63, 3.8) is 0 Å². The van der Waals surface area contributed by atoms with E-state index in [1.807, 2.05) is 43.5 Å². The van der Waals surface area contributed by atoms with E-state index in [4.69, 9.17) is 5.73 Å². The summed E-state index contributed by atoms with van der Waals surface area (Å²) < 4.78 is 0.676. The first-order valence-electron chi connectivity index (χ1n) is 7.10. The van der Waals surface area contributed by atoms with Crippen LogP contribution < -0.4 is 11.1 Å². The molecule has 0 fully saturated rings. The molecule has 24 heavy (non-hydrogen) atoms. The second-order valence-electron chi connectivity index (χ2n) is 5.06.